The van der Waals surface area contributed by atoms with E-state index in [4.69, 9.17) is 32.7 Å². The maximum absolute atomic E-state index is 6.49. The summed E-state index contributed by atoms with van der Waals surface area (Å²) in [6.45, 7) is 1.98. The number of aryl methyl sites for hydroxylation is 1. The van der Waals surface area contributed by atoms with Gasteiger partial charge in [0.25, 0.3) is 0 Å². The van der Waals surface area contributed by atoms with Gasteiger partial charge < -0.3 is 9.47 Å². The third kappa shape index (κ3) is 2.38. The van der Waals surface area contributed by atoms with Crippen LogP contribution in [0.5, 0.6) is 11.5 Å². The standard InChI is InChI=1S/C16H14Cl2N2O2/c1-9-6-10(21-2)4-5-14(9)20-16(18)11-7-15(22-3)12(17)8-13(11)19-20/h4-8H,1-3H3. The molecule has 0 aliphatic heterocycles. The molecule has 0 fully saturated rings. The lowest BCUT2D eigenvalue weighted by atomic mass is 10.2. The Kier molecular flexibility index (Phi) is 3.89. The molecule has 0 N–H and O–H groups in total. The molecule has 6 heteroatoms. The van der Waals surface area contributed by atoms with Crippen LogP contribution in [0.3, 0.4) is 0 Å². The van der Waals surface area contributed by atoms with Gasteiger partial charge in [0, 0.05) is 5.39 Å². The highest BCUT2D eigenvalue weighted by Crippen LogP contribution is 2.35. The van der Waals surface area contributed by atoms with Crippen LogP contribution in [0.25, 0.3) is 16.6 Å². The van der Waals surface area contributed by atoms with Crippen LogP contribution < -0.4 is 9.47 Å². The minimum absolute atomic E-state index is 0.503. The first-order valence-electron chi connectivity index (χ1n) is 6.62. The third-order valence-electron chi connectivity index (χ3n) is 3.52. The van der Waals surface area contributed by atoms with Crippen molar-refractivity contribution in [2.45, 2.75) is 6.92 Å². The first-order valence-corrected chi connectivity index (χ1v) is 7.37. The summed E-state index contributed by atoms with van der Waals surface area (Å²) in [6, 6.07) is 9.27. The quantitative estimate of drug-likeness (QED) is 0.697. The van der Waals surface area contributed by atoms with E-state index in [-0.39, 0.29) is 0 Å². The molecular formula is C16H14Cl2N2O2. The van der Waals surface area contributed by atoms with Crippen LogP contribution in [0.4, 0.5) is 0 Å². The first-order chi connectivity index (χ1) is 10.5. The van der Waals surface area contributed by atoms with Gasteiger partial charge in [-0.05, 0) is 42.8 Å². The van der Waals surface area contributed by atoms with Crippen molar-refractivity contribution in [2.24, 2.45) is 0 Å². The fourth-order valence-corrected chi connectivity index (χ4v) is 2.88. The Bertz CT molecular complexity index is 859. The molecule has 22 heavy (non-hydrogen) atoms. The molecule has 1 aromatic heterocycles. The van der Waals surface area contributed by atoms with Crippen molar-refractivity contribution in [3.8, 4) is 17.2 Å². The van der Waals surface area contributed by atoms with Crippen LogP contribution in [0.1, 0.15) is 5.56 Å². The zero-order chi connectivity index (χ0) is 15.9. The van der Waals surface area contributed by atoms with Gasteiger partial charge in [-0.1, -0.05) is 23.2 Å². The van der Waals surface area contributed by atoms with Gasteiger partial charge in [-0.15, -0.1) is 0 Å². The van der Waals surface area contributed by atoms with Gasteiger partial charge in [0.2, 0.25) is 0 Å². The third-order valence-corrected chi connectivity index (χ3v) is 4.18. The van der Waals surface area contributed by atoms with Gasteiger partial charge in [-0.3, -0.25) is 0 Å². The van der Waals surface area contributed by atoms with E-state index in [1.54, 1.807) is 31.0 Å². The summed E-state index contributed by atoms with van der Waals surface area (Å²) in [5, 5.41) is 6.34. The molecule has 3 rings (SSSR count). The molecule has 0 unspecified atom stereocenters. The smallest absolute Gasteiger partial charge is 0.140 e. The Morgan fingerprint density at radius 3 is 2.45 bits per heavy atom. The van der Waals surface area contributed by atoms with Gasteiger partial charge in [-0.2, -0.15) is 5.10 Å². The molecule has 0 atom stereocenters. The molecule has 2 aromatic carbocycles. The Labute approximate surface area is 138 Å². The summed E-state index contributed by atoms with van der Waals surface area (Å²) < 4.78 is 12.1. The summed E-state index contributed by atoms with van der Waals surface area (Å²) in [5.74, 6) is 1.36. The van der Waals surface area contributed by atoms with E-state index in [0.29, 0.717) is 21.4 Å². The zero-order valence-corrected chi connectivity index (χ0v) is 13.9. The van der Waals surface area contributed by atoms with Gasteiger partial charge in [0.1, 0.15) is 16.7 Å². The van der Waals surface area contributed by atoms with E-state index in [2.05, 4.69) is 5.10 Å². The van der Waals surface area contributed by atoms with Gasteiger partial charge in [0.15, 0.2) is 0 Å². The van der Waals surface area contributed by atoms with E-state index in [9.17, 15) is 0 Å². The highest BCUT2D eigenvalue weighted by molar-refractivity contribution is 6.36. The molecule has 3 aromatic rings. The summed E-state index contributed by atoms with van der Waals surface area (Å²) in [4.78, 5) is 0. The average Bonchev–Trinajstić information content (AvgIpc) is 2.82. The molecule has 0 saturated heterocycles. The SMILES string of the molecule is COc1ccc(-n2nc3cc(Cl)c(OC)cc3c2Cl)c(C)c1. The van der Waals surface area contributed by atoms with E-state index in [1.165, 1.54) is 0 Å². The molecule has 0 aliphatic rings. The molecule has 0 spiro atoms. The number of halogens is 2. The number of benzene rings is 2. The molecular weight excluding hydrogens is 323 g/mol. The van der Waals surface area contributed by atoms with E-state index in [0.717, 1.165) is 22.4 Å². The highest BCUT2D eigenvalue weighted by Gasteiger charge is 2.15. The minimum atomic E-state index is 0.503. The monoisotopic (exact) mass is 336 g/mol. The van der Waals surface area contributed by atoms with Crippen LogP contribution in [0.2, 0.25) is 10.2 Å². The van der Waals surface area contributed by atoms with Gasteiger partial charge in [-0.25, -0.2) is 4.68 Å². The number of aromatic nitrogens is 2. The molecule has 114 valence electrons. The number of rotatable bonds is 3. The van der Waals surface area contributed by atoms with E-state index < -0.39 is 0 Å². The number of hydrogen-bond donors (Lipinski definition) is 0. The fraction of sp³-hybridized carbons (Fsp3) is 0.188. The number of methoxy groups -OCH3 is 2. The summed E-state index contributed by atoms with van der Waals surface area (Å²) in [7, 11) is 3.21. The van der Waals surface area contributed by atoms with Gasteiger partial charge >= 0.3 is 0 Å². The fourth-order valence-electron chi connectivity index (χ4n) is 2.37. The van der Waals surface area contributed by atoms with Crippen LogP contribution in [0, 0.1) is 6.92 Å². The predicted octanol–water partition coefficient (Wildman–Crippen LogP) is 4.66. The largest absolute Gasteiger partial charge is 0.497 e. The Morgan fingerprint density at radius 1 is 1.05 bits per heavy atom. The van der Waals surface area contributed by atoms with Crippen molar-refractivity contribution in [1.29, 1.82) is 0 Å². The number of hydrogen-bond acceptors (Lipinski definition) is 3. The lowest BCUT2D eigenvalue weighted by Gasteiger charge is -2.08. The number of fused-ring (bicyclic) bond motifs is 1. The summed E-state index contributed by atoms with van der Waals surface area (Å²) >= 11 is 12.6. The predicted molar refractivity (Wildman–Crippen MR) is 88.9 cm³/mol. The number of ether oxygens (including phenoxy) is 2. The molecule has 0 bridgehead atoms. The van der Waals surface area contributed by atoms with Gasteiger partial charge in [0.05, 0.1) is 30.4 Å². The first kappa shape index (κ1) is 15.0. The van der Waals surface area contributed by atoms with Crippen molar-refractivity contribution < 1.29 is 9.47 Å². The maximum Gasteiger partial charge on any atom is 0.140 e. The average molecular weight is 337 g/mol. The molecule has 1 heterocycles. The lowest BCUT2D eigenvalue weighted by molar-refractivity contribution is 0.414. The Morgan fingerprint density at radius 2 is 1.82 bits per heavy atom. The molecule has 0 amide bonds. The van der Waals surface area contributed by atoms with Crippen LogP contribution in [0.15, 0.2) is 30.3 Å². The topological polar surface area (TPSA) is 36.3 Å². The van der Waals surface area contributed by atoms with Crippen molar-refractivity contribution >= 4 is 34.1 Å². The van der Waals surface area contributed by atoms with E-state index in [1.807, 2.05) is 25.1 Å². The normalized spacial score (nSPS) is 11.0. The van der Waals surface area contributed by atoms with Crippen molar-refractivity contribution in [1.82, 2.24) is 9.78 Å². The second kappa shape index (κ2) is 5.71. The minimum Gasteiger partial charge on any atom is -0.497 e. The molecule has 4 nitrogen and oxygen atoms in total. The van der Waals surface area contributed by atoms with Crippen molar-refractivity contribution in [3.05, 3.63) is 46.1 Å². The lowest BCUT2D eigenvalue weighted by Crippen LogP contribution is -1.99. The molecule has 0 saturated carbocycles. The van der Waals surface area contributed by atoms with Crippen molar-refractivity contribution in [3.63, 3.8) is 0 Å². The van der Waals surface area contributed by atoms with Crippen LogP contribution >= 0.6 is 23.2 Å². The second-order valence-corrected chi connectivity index (χ2v) is 5.62. The Hall–Kier alpha value is -1.91. The Balaban J connectivity index is 2.21. The summed E-state index contributed by atoms with van der Waals surface area (Å²) in [6.07, 6.45) is 0. The number of nitrogens with zero attached hydrogens (tertiary/aromatic N) is 2. The van der Waals surface area contributed by atoms with Crippen LogP contribution in [-0.2, 0) is 0 Å². The van der Waals surface area contributed by atoms with Crippen molar-refractivity contribution in [2.75, 3.05) is 14.2 Å². The highest BCUT2D eigenvalue weighted by atomic mass is 35.5. The maximum atomic E-state index is 6.49. The van der Waals surface area contributed by atoms with E-state index >= 15 is 0 Å². The molecule has 0 radical (unpaired) electrons. The zero-order valence-electron chi connectivity index (χ0n) is 12.4. The van der Waals surface area contributed by atoms with Crippen LogP contribution in [-0.4, -0.2) is 24.0 Å². The second-order valence-electron chi connectivity index (χ2n) is 4.86. The summed E-state index contributed by atoms with van der Waals surface area (Å²) in [5.41, 5.74) is 2.61. The molecule has 0 aliphatic carbocycles.